The number of thiazole rings is 1. The summed E-state index contributed by atoms with van der Waals surface area (Å²) in [6.07, 6.45) is 0. The lowest BCUT2D eigenvalue weighted by molar-refractivity contribution is -0.384. The second kappa shape index (κ2) is 7.38. The molecule has 2 heterocycles. The maximum absolute atomic E-state index is 12.6. The summed E-state index contributed by atoms with van der Waals surface area (Å²) in [5.41, 5.74) is 1.17. The Labute approximate surface area is 171 Å². The highest BCUT2D eigenvalue weighted by Gasteiger charge is 2.21. The molecule has 0 radical (unpaired) electrons. The molecule has 0 bridgehead atoms. The normalized spacial score (nSPS) is 12.4. The lowest BCUT2D eigenvalue weighted by Gasteiger charge is -2.12. The van der Waals surface area contributed by atoms with Crippen LogP contribution in [0.3, 0.4) is 0 Å². The molecule has 2 aromatic carbocycles. The Morgan fingerprint density at radius 1 is 1.32 bits per heavy atom. The lowest BCUT2D eigenvalue weighted by Crippen LogP contribution is -2.22. The number of hydrogen-bond acceptors (Lipinski definition) is 7. The number of nitrogens with one attached hydrogen (secondary N) is 1. The maximum Gasteiger partial charge on any atom is 0.271 e. The van der Waals surface area contributed by atoms with Gasteiger partial charge in [0.05, 0.1) is 31.1 Å². The van der Waals surface area contributed by atoms with Crippen molar-refractivity contribution in [1.82, 2.24) is 14.6 Å². The number of benzene rings is 2. The van der Waals surface area contributed by atoms with Gasteiger partial charge in [-0.05, 0) is 25.1 Å². The molecule has 4 aromatic rings. The first kappa shape index (κ1) is 18.7. The maximum atomic E-state index is 12.6. The number of amides is 1. The number of carbonyl (C=O) groups excluding carboxylic acids is 1. The number of hydrogen-bond donors (Lipinski definition) is 1. The molecule has 0 aliphatic rings. The summed E-state index contributed by atoms with van der Waals surface area (Å²) >= 11 is 8.85. The third-order valence-electron chi connectivity index (χ3n) is 3.98. The van der Waals surface area contributed by atoms with Crippen molar-refractivity contribution in [3.05, 3.63) is 57.6 Å². The average Bonchev–Trinajstić information content (AvgIpc) is 3.22. The van der Waals surface area contributed by atoms with Crippen LogP contribution in [0.2, 0.25) is 5.02 Å². The van der Waals surface area contributed by atoms with Crippen molar-refractivity contribution in [3.63, 3.8) is 0 Å². The molecule has 8 nitrogen and oxygen atoms in total. The summed E-state index contributed by atoms with van der Waals surface area (Å²) in [7, 11) is 0. The topological polar surface area (TPSA) is 102 Å². The molecule has 0 aliphatic heterocycles. The Morgan fingerprint density at radius 3 is 2.86 bits per heavy atom. The van der Waals surface area contributed by atoms with E-state index in [0.29, 0.717) is 10.8 Å². The number of halogens is 1. The van der Waals surface area contributed by atoms with Gasteiger partial charge in [-0.2, -0.15) is 0 Å². The van der Waals surface area contributed by atoms with Crippen molar-refractivity contribution < 1.29 is 9.72 Å². The number of nitro benzene ring substituents is 1. The Hall–Kier alpha value is -2.69. The molecule has 1 amide bonds. The predicted octanol–water partition coefficient (Wildman–Crippen LogP) is 4.62. The minimum atomic E-state index is -0.544. The van der Waals surface area contributed by atoms with Gasteiger partial charge in [-0.25, -0.2) is 0 Å². The fourth-order valence-electron chi connectivity index (χ4n) is 2.60. The number of anilines is 1. The van der Waals surface area contributed by atoms with Crippen LogP contribution < -0.4 is 5.32 Å². The molecular weight excluding hydrogens is 422 g/mol. The highest BCUT2D eigenvalue weighted by Crippen LogP contribution is 2.32. The zero-order valence-corrected chi connectivity index (χ0v) is 16.7. The van der Waals surface area contributed by atoms with E-state index >= 15 is 0 Å². The molecule has 2 aromatic heterocycles. The standard InChI is InChI=1S/C17H12ClN5O3S2/c1-9(15(24)19-12-7-6-10(23(25)26)8-11(12)18)27-16-20-21-17-22(16)13-4-2-3-5-14(13)28-17/h2-9H,1H3,(H,19,24). The van der Waals surface area contributed by atoms with Crippen LogP contribution in [0.4, 0.5) is 11.4 Å². The zero-order chi connectivity index (χ0) is 19.8. The van der Waals surface area contributed by atoms with Crippen molar-refractivity contribution >= 4 is 67.2 Å². The van der Waals surface area contributed by atoms with Crippen LogP contribution in [0.25, 0.3) is 15.2 Å². The molecule has 1 unspecified atom stereocenters. The van der Waals surface area contributed by atoms with Crippen LogP contribution in [0, 0.1) is 10.1 Å². The van der Waals surface area contributed by atoms with E-state index in [4.69, 9.17) is 11.6 Å². The van der Waals surface area contributed by atoms with E-state index in [9.17, 15) is 14.9 Å². The largest absolute Gasteiger partial charge is 0.324 e. The SMILES string of the molecule is CC(Sc1nnc2sc3ccccc3n12)C(=O)Nc1ccc([N+](=O)[O-])cc1Cl. The Bertz CT molecular complexity index is 1220. The fraction of sp³-hybridized carbons (Fsp3) is 0.118. The number of nitrogens with zero attached hydrogens (tertiary/aromatic N) is 4. The third-order valence-corrected chi connectivity index (χ3v) is 6.35. The number of aromatic nitrogens is 3. The van der Waals surface area contributed by atoms with Crippen molar-refractivity contribution in [1.29, 1.82) is 0 Å². The number of thioether (sulfide) groups is 1. The van der Waals surface area contributed by atoms with Crippen LogP contribution in [-0.4, -0.2) is 30.7 Å². The first-order valence-corrected chi connectivity index (χ1v) is 10.2. The molecule has 142 valence electrons. The lowest BCUT2D eigenvalue weighted by atomic mass is 10.2. The summed E-state index contributed by atoms with van der Waals surface area (Å²) in [5, 5.41) is 22.1. The summed E-state index contributed by atoms with van der Waals surface area (Å²) in [6.45, 7) is 1.74. The highest BCUT2D eigenvalue weighted by molar-refractivity contribution is 8.00. The van der Waals surface area contributed by atoms with Crippen LogP contribution >= 0.6 is 34.7 Å². The quantitative estimate of drug-likeness (QED) is 0.280. The predicted molar refractivity (Wildman–Crippen MR) is 110 cm³/mol. The molecule has 0 saturated carbocycles. The molecule has 1 atom stereocenters. The van der Waals surface area contributed by atoms with Crippen LogP contribution in [0.5, 0.6) is 0 Å². The van der Waals surface area contributed by atoms with Gasteiger partial charge in [0.25, 0.3) is 5.69 Å². The number of nitro groups is 1. The van der Waals surface area contributed by atoms with E-state index in [0.717, 1.165) is 15.2 Å². The van der Waals surface area contributed by atoms with Gasteiger partial charge in [-0.1, -0.05) is 46.8 Å². The number of carbonyl (C=O) groups is 1. The number of non-ortho nitro benzene ring substituents is 1. The van der Waals surface area contributed by atoms with Crippen molar-refractivity contribution in [3.8, 4) is 0 Å². The summed E-state index contributed by atoms with van der Waals surface area (Å²) in [4.78, 5) is 23.6. The van der Waals surface area contributed by atoms with Gasteiger partial charge < -0.3 is 5.32 Å². The van der Waals surface area contributed by atoms with Gasteiger partial charge in [0.1, 0.15) is 0 Å². The van der Waals surface area contributed by atoms with E-state index in [2.05, 4.69) is 15.5 Å². The van der Waals surface area contributed by atoms with Gasteiger partial charge in [0.2, 0.25) is 10.9 Å². The van der Waals surface area contributed by atoms with Gasteiger partial charge >= 0.3 is 0 Å². The van der Waals surface area contributed by atoms with Crippen molar-refractivity contribution in [2.45, 2.75) is 17.3 Å². The molecule has 4 rings (SSSR count). The van der Waals surface area contributed by atoms with E-state index in [1.165, 1.54) is 41.3 Å². The minimum Gasteiger partial charge on any atom is -0.324 e. The van der Waals surface area contributed by atoms with Gasteiger partial charge in [0.15, 0.2) is 5.16 Å². The zero-order valence-electron chi connectivity index (χ0n) is 14.3. The van der Waals surface area contributed by atoms with Gasteiger partial charge in [-0.3, -0.25) is 19.3 Å². The average molecular weight is 434 g/mol. The minimum absolute atomic E-state index is 0.105. The fourth-order valence-corrected chi connectivity index (χ4v) is 4.70. The Balaban J connectivity index is 1.54. The Kier molecular flexibility index (Phi) is 4.92. The van der Waals surface area contributed by atoms with Crippen LogP contribution in [-0.2, 0) is 4.79 Å². The molecule has 28 heavy (non-hydrogen) atoms. The number of para-hydroxylation sites is 1. The van der Waals surface area contributed by atoms with Crippen LogP contribution in [0.15, 0.2) is 47.6 Å². The van der Waals surface area contributed by atoms with E-state index < -0.39 is 10.2 Å². The first-order valence-electron chi connectivity index (χ1n) is 8.08. The smallest absolute Gasteiger partial charge is 0.271 e. The summed E-state index contributed by atoms with van der Waals surface area (Å²) < 4.78 is 3.01. The third kappa shape index (κ3) is 3.41. The second-order valence-electron chi connectivity index (χ2n) is 5.84. The van der Waals surface area contributed by atoms with Gasteiger partial charge in [0, 0.05) is 12.1 Å². The van der Waals surface area contributed by atoms with Crippen molar-refractivity contribution in [2.75, 3.05) is 5.32 Å². The van der Waals surface area contributed by atoms with Gasteiger partial charge in [-0.15, -0.1) is 10.2 Å². The molecule has 0 saturated heterocycles. The van der Waals surface area contributed by atoms with Crippen LogP contribution in [0.1, 0.15) is 6.92 Å². The number of fused-ring (bicyclic) bond motifs is 3. The summed E-state index contributed by atoms with van der Waals surface area (Å²) in [5.74, 6) is -0.294. The summed E-state index contributed by atoms with van der Waals surface area (Å²) in [6, 6.07) is 11.8. The Morgan fingerprint density at radius 2 is 2.11 bits per heavy atom. The molecule has 0 spiro atoms. The molecule has 0 fully saturated rings. The molecule has 11 heteroatoms. The molecule has 0 aliphatic carbocycles. The first-order chi connectivity index (χ1) is 13.4. The van der Waals surface area contributed by atoms with E-state index in [-0.39, 0.29) is 16.6 Å². The second-order valence-corrected chi connectivity index (χ2v) is 8.57. The van der Waals surface area contributed by atoms with E-state index in [1.54, 1.807) is 6.92 Å². The molecule has 1 N–H and O–H groups in total. The molecular formula is C17H12ClN5O3S2. The van der Waals surface area contributed by atoms with E-state index in [1.807, 2.05) is 28.7 Å². The monoisotopic (exact) mass is 433 g/mol. The van der Waals surface area contributed by atoms with Crippen molar-refractivity contribution in [2.24, 2.45) is 0 Å². The highest BCUT2D eigenvalue weighted by atomic mass is 35.5. The number of rotatable bonds is 5.